The van der Waals surface area contributed by atoms with Crippen molar-refractivity contribution in [2.75, 3.05) is 6.26 Å². The van der Waals surface area contributed by atoms with Gasteiger partial charge in [0.15, 0.2) is 5.16 Å². The number of aryl methyl sites for hydroxylation is 1. The summed E-state index contributed by atoms with van der Waals surface area (Å²) in [4.78, 5) is 8.49. The van der Waals surface area contributed by atoms with E-state index < -0.39 is 0 Å². The Morgan fingerprint density at radius 1 is 1.00 bits per heavy atom. The quantitative estimate of drug-likeness (QED) is 0.662. The Kier molecular flexibility index (Phi) is 4.73. The predicted octanol–water partition coefficient (Wildman–Crippen LogP) is 2.80. The highest BCUT2D eigenvalue weighted by atomic mass is 32.2. The molecule has 0 aliphatic rings. The monoisotopic (exact) mass is 259 g/mol. The molecule has 0 aliphatic heterocycles. The van der Waals surface area contributed by atoms with Gasteiger partial charge in [-0.15, -0.1) is 0 Å². The number of thioether (sulfide) groups is 1. The number of rotatable bonds is 5. The van der Waals surface area contributed by atoms with Crippen molar-refractivity contribution >= 4 is 11.8 Å². The third-order valence-electron chi connectivity index (χ3n) is 2.64. The van der Waals surface area contributed by atoms with Crippen molar-refractivity contribution in [3.8, 4) is 0 Å². The largest absolute Gasteiger partial charge is 0.309 e. The molecule has 0 fully saturated rings. The predicted molar refractivity (Wildman–Crippen MR) is 75.5 cm³/mol. The van der Waals surface area contributed by atoms with Gasteiger partial charge in [0.05, 0.1) is 0 Å². The van der Waals surface area contributed by atoms with E-state index in [1.807, 2.05) is 18.6 Å². The van der Waals surface area contributed by atoms with E-state index >= 15 is 0 Å². The Labute approximate surface area is 112 Å². The highest BCUT2D eigenvalue weighted by Gasteiger charge is 1.97. The van der Waals surface area contributed by atoms with Crippen LogP contribution in [0.3, 0.4) is 0 Å². The van der Waals surface area contributed by atoms with Crippen molar-refractivity contribution < 1.29 is 0 Å². The zero-order chi connectivity index (χ0) is 12.8. The van der Waals surface area contributed by atoms with Crippen molar-refractivity contribution in [1.82, 2.24) is 15.3 Å². The molecule has 1 N–H and O–H groups in total. The Morgan fingerprint density at radius 2 is 1.61 bits per heavy atom. The fraction of sp³-hybridized carbons (Fsp3) is 0.286. The second-order valence-corrected chi connectivity index (χ2v) is 4.94. The minimum Gasteiger partial charge on any atom is -0.309 e. The molecule has 4 heteroatoms. The molecule has 1 aromatic heterocycles. The number of nitrogens with one attached hydrogen (secondary N) is 1. The molecule has 0 saturated heterocycles. The van der Waals surface area contributed by atoms with Crippen LogP contribution >= 0.6 is 11.8 Å². The third kappa shape index (κ3) is 3.82. The molecule has 0 spiro atoms. The SMILES string of the molecule is CSc1ncc(CNCc2ccc(C)cc2)cn1. The number of hydrogen-bond acceptors (Lipinski definition) is 4. The molecule has 0 atom stereocenters. The van der Waals surface area contributed by atoms with Gasteiger partial charge in [-0.1, -0.05) is 41.6 Å². The number of nitrogens with zero attached hydrogens (tertiary/aromatic N) is 2. The molecular formula is C14H17N3S. The van der Waals surface area contributed by atoms with E-state index in [9.17, 15) is 0 Å². The van der Waals surface area contributed by atoms with Crippen molar-refractivity contribution in [1.29, 1.82) is 0 Å². The first kappa shape index (κ1) is 13.1. The third-order valence-corrected chi connectivity index (χ3v) is 3.22. The van der Waals surface area contributed by atoms with Gasteiger partial charge >= 0.3 is 0 Å². The molecule has 2 rings (SSSR count). The number of benzene rings is 1. The molecule has 0 amide bonds. The fourth-order valence-corrected chi connectivity index (χ4v) is 1.91. The molecule has 3 nitrogen and oxygen atoms in total. The average molecular weight is 259 g/mol. The second-order valence-electron chi connectivity index (χ2n) is 4.17. The topological polar surface area (TPSA) is 37.8 Å². The van der Waals surface area contributed by atoms with Gasteiger partial charge in [-0.25, -0.2) is 9.97 Å². The van der Waals surface area contributed by atoms with Gasteiger partial charge in [-0.3, -0.25) is 0 Å². The van der Waals surface area contributed by atoms with Crippen LogP contribution in [0, 0.1) is 6.92 Å². The molecule has 1 aromatic carbocycles. The lowest BCUT2D eigenvalue weighted by Crippen LogP contribution is -2.13. The maximum atomic E-state index is 4.25. The van der Waals surface area contributed by atoms with Crippen LogP contribution in [0.4, 0.5) is 0 Å². The van der Waals surface area contributed by atoms with E-state index in [0.29, 0.717) is 0 Å². The van der Waals surface area contributed by atoms with Crippen LogP contribution in [0.5, 0.6) is 0 Å². The van der Waals surface area contributed by atoms with Gasteiger partial charge in [-0.2, -0.15) is 0 Å². The molecule has 1 heterocycles. The normalized spacial score (nSPS) is 10.6. The number of aromatic nitrogens is 2. The summed E-state index contributed by atoms with van der Waals surface area (Å²) in [5.74, 6) is 0. The zero-order valence-corrected chi connectivity index (χ0v) is 11.5. The standard InChI is InChI=1S/C14H17N3S/c1-11-3-5-12(6-4-11)7-15-8-13-9-16-14(18-2)17-10-13/h3-6,9-10,15H,7-8H2,1-2H3. The fourth-order valence-electron chi connectivity index (χ4n) is 1.60. The van der Waals surface area contributed by atoms with Gasteiger partial charge in [0.25, 0.3) is 0 Å². The Balaban J connectivity index is 1.82. The Bertz CT molecular complexity index is 479. The van der Waals surface area contributed by atoms with Crippen LogP contribution in [-0.4, -0.2) is 16.2 Å². The van der Waals surface area contributed by atoms with Gasteiger partial charge < -0.3 is 5.32 Å². The first-order valence-electron chi connectivity index (χ1n) is 5.89. The molecule has 0 saturated carbocycles. The molecule has 2 aromatic rings. The van der Waals surface area contributed by atoms with Crippen LogP contribution in [0.2, 0.25) is 0 Å². The van der Waals surface area contributed by atoms with E-state index in [4.69, 9.17) is 0 Å². The molecule has 0 unspecified atom stereocenters. The zero-order valence-electron chi connectivity index (χ0n) is 10.7. The maximum absolute atomic E-state index is 4.25. The van der Waals surface area contributed by atoms with Gasteiger partial charge in [0.2, 0.25) is 0 Å². The molecule has 0 radical (unpaired) electrons. The second kappa shape index (κ2) is 6.52. The molecule has 18 heavy (non-hydrogen) atoms. The van der Waals surface area contributed by atoms with E-state index in [-0.39, 0.29) is 0 Å². The van der Waals surface area contributed by atoms with Gasteiger partial charge in [0, 0.05) is 31.0 Å². The van der Waals surface area contributed by atoms with E-state index in [1.165, 1.54) is 11.1 Å². The average Bonchev–Trinajstić information content (AvgIpc) is 2.42. The van der Waals surface area contributed by atoms with Crippen LogP contribution < -0.4 is 5.32 Å². The van der Waals surface area contributed by atoms with Crippen molar-refractivity contribution in [3.05, 3.63) is 53.3 Å². The molecule has 0 bridgehead atoms. The highest BCUT2D eigenvalue weighted by Crippen LogP contribution is 2.07. The highest BCUT2D eigenvalue weighted by molar-refractivity contribution is 7.98. The van der Waals surface area contributed by atoms with Crippen molar-refractivity contribution in [2.24, 2.45) is 0 Å². The minimum atomic E-state index is 0.794. The van der Waals surface area contributed by atoms with Crippen molar-refractivity contribution in [3.63, 3.8) is 0 Å². The summed E-state index contributed by atoms with van der Waals surface area (Å²) in [6, 6.07) is 8.56. The summed E-state index contributed by atoms with van der Waals surface area (Å²) in [6.07, 6.45) is 5.73. The summed E-state index contributed by atoms with van der Waals surface area (Å²) < 4.78 is 0. The Hall–Kier alpha value is -1.39. The Morgan fingerprint density at radius 3 is 2.22 bits per heavy atom. The number of hydrogen-bond donors (Lipinski definition) is 1. The summed E-state index contributed by atoms with van der Waals surface area (Å²) in [7, 11) is 0. The lowest BCUT2D eigenvalue weighted by atomic mass is 10.1. The van der Waals surface area contributed by atoms with Gasteiger partial charge in [-0.05, 0) is 18.7 Å². The summed E-state index contributed by atoms with van der Waals surface area (Å²) in [5, 5.41) is 4.21. The van der Waals surface area contributed by atoms with Crippen LogP contribution in [0.1, 0.15) is 16.7 Å². The summed E-state index contributed by atoms with van der Waals surface area (Å²) in [6.45, 7) is 3.76. The van der Waals surface area contributed by atoms with Crippen LogP contribution in [0.15, 0.2) is 41.8 Å². The summed E-state index contributed by atoms with van der Waals surface area (Å²) >= 11 is 1.56. The lowest BCUT2D eigenvalue weighted by Gasteiger charge is -2.05. The maximum Gasteiger partial charge on any atom is 0.187 e. The smallest absolute Gasteiger partial charge is 0.187 e. The lowest BCUT2D eigenvalue weighted by molar-refractivity contribution is 0.685. The van der Waals surface area contributed by atoms with Gasteiger partial charge in [0.1, 0.15) is 0 Å². The summed E-state index contributed by atoms with van der Waals surface area (Å²) in [5.41, 5.74) is 3.70. The first-order valence-corrected chi connectivity index (χ1v) is 7.11. The van der Waals surface area contributed by atoms with E-state index in [1.54, 1.807) is 11.8 Å². The molecule has 94 valence electrons. The molecular weight excluding hydrogens is 242 g/mol. The molecule has 0 aliphatic carbocycles. The first-order chi connectivity index (χ1) is 8.78. The van der Waals surface area contributed by atoms with Crippen LogP contribution in [-0.2, 0) is 13.1 Å². The van der Waals surface area contributed by atoms with Crippen LogP contribution in [0.25, 0.3) is 0 Å². The van der Waals surface area contributed by atoms with E-state index in [2.05, 4.69) is 46.5 Å². The van der Waals surface area contributed by atoms with E-state index in [0.717, 1.165) is 23.8 Å². The minimum absolute atomic E-state index is 0.794. The van der Waals surface area contributed by atoms with Crippen molar-refractivity contribution in [2.45, 2.75) is 25.2 Å².